The van der Waals surface area contributed by atoms with E-state index in [1.807, 2.05) is 0 Å². The van der Waals surface area contributed by atoms with Crippen molar-refractivity contribution in [2.24, 2.45) is 5.73 Å². The molecule has 2 N–H and O–H groups in total. The van der Waals surface area contributed by atoms with Crippen molar-refractivity contribution >= 4 is 29.3 Å². The zero-order valence-corrected chi connectivity index (χ0v) is 10.5. The molecule has 1 aliphatic heterocycles. The highest BCUT2D eigenvalue weighted by atomic mass is 32.2. The summed E-state index contributed by atoms with van der Waals surface area (Å²) in [6.45, 7) is 0.461. The second-order valence-corrected chi connectivity index (χ2v) is 5.21. The summed E-state index contributed by atoms with van der Waals surface area (Å²) in [4.78, 5) is 24.9. The Balaban J connectivity index is 2.19. The van der Waals surface area contributed by atoms with Crippen LogP contribution >= 0.6 is 11.8 Å². The highest BCUT2D eigenvalue weighted by Gasteiger charge is 2.39. The second-order valence-electron chi connectivity index (χ2n) is 3.90. The van der Waals surface area contributed by atoms with E-state index < -0.39 is 11.1 Å². The predicted molar refractivity (Wildman–Crippen MR) is 68.8 cm³/mol. The number of carbonyl (C=O) groups is 2. The average Bonchev–Trinajstić information content (AvgIpc) is 2.62. The Morgan fingerprint density at radius 2 is 2.22 bits per heavy atom. The van der Waals surface area contributed by atoms with E-state index in [1.54, 1.807) is 6.07 Å². The molecule has 0 unspecified atom stereocenters. The van der Waals surface area contributed by atoms with Gasteiger partial charge in [-0.25, -0.2) is 9.29 Å². The molecule has 0 radical (unpaired) electrons. The largest absolute Gasteiger partial charge is 0.330 e. The second kappa shape index (κ2) is 5.49. The predicted octanol–water partition coefficient (Wildman–Crippen LogP) is 1.15. The molecule has 1 saturated heterocycles. The molecule has 96 valence electrons. The van der Waals surface area contributed by atoms with Crippen LogP contribution in [0.4, 0.5) is 10.1 Å². The zero-order chi connectivity index (χ0) is 13.1. The third-order valence-electron chi connectivity index (χ3n) is 2.61. The summed E-state index contributed by atoms with van der Waals surface area (Å²) in [7, 11) is 0. The smallest absolute Gasteiger partial charge is 0.247 e. The number of halogens is 1. The summed E-state index contributed by atoms with van der Waals surface area (Å²) in [6.07, 6.45) is 0.153. The highest BCUT2D eigenvalue weighted by molar-refractivity contribution is 8.00. The van der Waals surface area contributed by atoms with Gasteiger partial charge in [0, 0.05) is 18.7 Å². The molecule has 2 amide bonds. The van der Waals surface area contributed by atoms with Crippen molar-refractivity contribution in [3.05, 3.63) is 30.1 Å². The molecule has 18 heavy (non-hydrogen) atoms. The molecular formula is C12H13FN2O2S. The number of rotatable bonds is 4. The number of carbonyl (C=O) groups excluding carboxylic acids is 2. The molecule has 1 aliphatic rings. The fraction of sp³-hybridized carbons (Fsp3) is 0.333. The lowest BCUT2D eigenvalue weighted by Crippen LogP contribution is -2.31. The summed E-state index contributed by atoms with van der Waals surface area (Å²) in [5.41, 5.74) is 5.66. The quantitative estimate of drug-likeness (QED) is 0.832. The van der Waals surface area contributed by atoms with Crippen molar-refractivity contribution < 1.29 is 14.0 Å². The van der Waals surface area contributed by atoms with Crippen LogP contribution < -0.4 is 10.6 Å². The number of benzene rings is 1. The molecular weight excluding hydrogens is 255 g/mol. The molecule has 1 atom stereocenters. The first-order valence-corrected chi connectivity index (χ1v) is 6.62. The Kier molecular flexibility index (Phi) is 3.98. The summed E-state index contributed by atoms with van der Waals surface area (Å²) >= 11 is 1.37. The van der Waals surface area contributed by atoms with Crippen LogP contribution in [0, 0.1) is 5.82 Å². The normalized spacial score (nSPS) is 19.7. The number of anilines is 1. The first kappa shape index (κ1) is 13.0. The first-order chi connectivity index (χ1) is 8.63. The van der Waals surface area contributed by atoms with Gasteiger partial charge in [0.1, 0.15) is 5.82 Å². The molecule has 0 bridgehead atoms. The van der Waals surface area contributed by atoms with Crippen LogP contribution in [0.2, 0.25) is 0 Å². The summed E-state index contributed by atoms with van der Waals surface area (Å²) in [5, 5.41) is -0.399. The van der Waals surface area contributed by atoms with Crippen molar-refractivity contribution in [2.45, 2.75) is 11.7 Å². The molecule has 1 aromatic rings. The van der Waals surface area contributed by atoms with E-state index in [1.165, 1.54) is 30.0 Å². The number of hydrogen-bond acceptors (Lipinski definition) is 4. The van der Waals surface area contributed by atoms with Gasteiger partial charge in [-0.2, -0.15) is 0 Å². The van der Waals surface area contributed by atoms with Crippen molar-refractivity contribution in [3.8, 4) is 0 Å². The van der Waals surface area contributed by atoms with E-state index in [0.717, 1.165) is 4.90 Å². The first-order valence-electron chi connectivity index (χ1n) is 5.57. The summed E-state index contributed by atoms with van der Waals surface area (Å²) in [6, 6.07) is 5.49. The molecule has 1 aromatic carbocycles. The van der Waals surface area contributed by atoms with Crippen molar-refractivity contribution in [1.29, 1.82) is 0 Å². The minimum Gasteiger partial charge on any atom is -0.330 e. The fourth-order valence-corrected chi connectivity index (χ4v) is 2.76. The Bertz CT molecular complexity index is 481. The topological polar surface area (TPSA) is 63.4 Å². The standard InChI is InChI=1S/C12H13FN2O2S/c13-8-2-1-3-9(6-8)15-11(16)7-10(12(15)17)18-5-4-14/h1-3,6,10H,4-5,7,14H2/t10-/m0/s1. The molecule has 2 rings (SSSR count). The monoisotopic (exact) mass is 268 g/mol. The van der Waals surface area contributed by atoms with Crippen LogP contribution in [-0.2, 0) is 9.59 Å². The Morgan fingerprint density at radius 3 is 2.89 bits per heavy atom. The van der Waals surface area contributed by atoms with Gasteiger partial charge in [0.05, 0.1) is 10.9 Å². The fourth-order valence-electron chi connectivity index (χ4n) is 1.83. The molecule has 4 nitrogen and oxygen atoms in total. The van der Waals surface area contributed by atoms with E-state index >= 15 is 0 Å². The molecule has 0 aliphatic carbocycles. The van der Waals surface area contributed by atoms with Crippen molar-refractivity contribution in [2.75, 3.05) is 17.2 Å². The van der Waals surface area contributed by atoms with Gasteiger partial charge in [-0.1, -0.05) is 6.07 Å². The van der Waals surface area contributed by atoms with Gasteiger partial charge in [0.2, 0.25) is 11.8 Å². The average molecular weight is 268 g/mol. The van der Waals surface area contributed by atoms with Crippen LogP contribution in [0.1, 0.15) is 6.42 Å². The maximum Gasteiger partial charge on any atom is 0.247 e. The van der Waals surface area contributed by atoms with Gasteiger partial charge in [0.25, 0.3) is 0 Å². The van der Waals surface area contributed by atoms with E-state index in [0.29, 0.717) is 18.0 Å². The van der Waals surface area contributed by atoms with Crippen molar-refractivity contribution in [3.63, 3.8) is 0 Å². The van der Waals surface area contributed by atoms with Crippen LogP contribution in [0.3, 0.4) is 0 Å². The number of nitrogens with two attached hydrogens (primary N) is 1. The lowest BCUT2D eigenvalue weighted by molar-refractivity contribution is -0.121. The van der Waals surface area contributed by atoms with Gasteiger partial charge < -0.3 is 5.73 Å². The van der Waals surface area contributed by atoms with E-state index in [2.05, 4.69) is 0 Å². The molecule has 0 aromatic heterocycles. The Hall–Kier alpha value is -1.40. The molecule has 0 spiro atoms. The minimum atomic E-state index is -0.467. The number of hydrogen-bond donors (Lipinski definition) is 1. The van der Waals surface area contributed by atoms with Crippen LogP contribution in [-0.4, -0.2) is 29.4 Å². The number of imide groups is 1. The Labute approximate surface area is 108 Å². The molecule has 1 fully saturated rings. The summed E-state index contributed by atoms with van der Waals surface area (Å²) in [5.74, 6) is -0.420. The third kappa shape index (κ3) is 2.54. The Morgan fingerprint density at radius 1 is 1.44 bits per heavy atom. The van der Waals surface area contributed by atoms with Gasteiger partial charge in [0.15, 0.2) is 0 Å². The third-order valence-corrected chi connectivity index (χ3v) is 3.85. The maximum atomic E-state index is 13.1. The SMILES string of the molecule is NCCS[C@H]1CC(=O)N(c2cccc(F)c2)C1=O. The number of nitrogens with zero attached hydrogens (tertiary/aromatic N) is 1. The van der Waals surface area contributed by atoms with E-state index in [9.17, 15) is 14.0 Å². The highest BCUT2D eigenvalue weighted by Crippen LogP contribution is 2.29. The number of thioether (sulfide) groups is 1. The van der Waals surface area contributed by atoms with Crippen LogP contribution in [0.15, 0.2) is 24.3 Å². The van der Waals surface area contributed by atoms with Crippen LogP contribution in [0.5, 0.6) is 0 Å². The number of amides is 2. The maximum absolute atomic E-state index is 13.1. The van der Waals surface area contributed by atoms with Gasteiger partial charge in [-0.05, 0) is 18.2 Å². The van der Waals surface area contributed by atoms with E-state index in [4.69, 9.17) is 5.73 Å². The van der Waals surface area contributed by atoms with Crippen molar-refractivity contribution in [1.82, 2.24) is 0 Å². The summed E-state index contributed by atoms with van der Waals surface area (Å²) < 4.78 is 13.1. The minimum absolute atomic E-state index is 0.153. The zero-order valence-electron chi connectivity index (χ0n) is 9.64. The van der Waals surface area contributed by atoms with E-state index in [-0.39, 0.29) is 18.2 Å². The van der Waals surface area contributed by atoms with Crippen LogP contribution in [0.25, 0.3) is 0 Å². The van der Waals surface area contributed by atoms with Gasteiger partial charge in [-0.15, -0.1) is 11.8 Å². The van der Waals surface area contributed by atoms with Gasteiger partial charge in [-0.3, -0.25) is 9.59 Å². The lowest BCUT2D eigenvalue weighted by atomic mass is 10.3. The van der Waals surface area contributed by atoms with Gasteiger partial charge >= 0.3 is 0 Å². The lowest BCUT2D eigenvalue weighted by Gasteiger charge is -2.14. The molecule has 1 heterocycles. The molecule has 0 saturated carbocycles. The molecule has 6 heteroatoms.